The van der Waals surface area contributed by atoms with Gasteiger partial charge in [-0.1, -0.05) is 18.2 Å². The highest BCUT2D eigenvalue weighted by molar-refractivity contribution is 7.84. The van der Waals surface area contributed by atoms with E-state index in [1.807, 2.05) is 42.6 Å². The zero-order chi connectivity index (χ0) is 11.5. The van der Waals surface area contributed by atoms with E-state index in [0.29, 0.717) is 11.4 Å². The van der Waals surface area contributed by atoms with Crippen LogP contribution in [-0.4, -0.2) is 4.21 Å². The molecule has 1 aromatic heterocycles. The molecule has 0 spiro atoms. The Morgan fingerprint density at radius 2 is 2.12 bits per heavy atom. The number of anilines is 1. The Kier molecular flexibility index (Phi) is 3.41. The summed E-state index contributed by atoms with van der Waals surface area (Å²) in [5.74, 6) is 0.547. The molecule has 0 amide bonds. The first kappa shape index (κ1) is 11.4. The van der Waals surface area contributed by atoms with E-state index in [9.17, 15) is 4.21 Å². The van der Waals surface area contributed by atoms with Crippen LogP contribution >= 0.6 is 11.3 Å². The van der Waals surface area contributed by atoms with Crippen LogP contribution in [0.25, 0.3) is 0 Å². The Hall–Kier alpha value is -1.13. The molecule has 0 radical (unpaired) electrons. The summed E-state index contributed by atoms with van der Waals surface area (Å²) >= 11 is 1.62. The molecular formula is C12H13NOS2. The van der Waals surface area contributed by atoms with Crippen molar-refractivity contribution in [2.45, 2.75) is 17.6 Å². The summed E-state index contributed by atoms with van der Waals surface area (Å²) in [6.45, 7) is 1.93. The number of aryl methyl sites for hydroxylation is 1. The van der Waals surface area contributed by atoms with E-state index in [1.165, 1.54) is 0 Å². The fourth-order valence-electron chi connectivity index (χ4n) is 1.45. The summed E-state index contributed by atoms with van der Waals surface area (Å²) in [7, 11) is -1.05. The summed E-state index contributed by atoms with van der Waals surface area (Å²) in [6.07, 6.45) is 0. The average molecular weight is 251 g/mol. The van der Waals surface area contributed by atoms with Gasteiger partial charge in [0.1, 0.15) is 0 Å². The summed E-state index contributed by atoms with van der Waals surface area (Å²) in [4.78, 5) is 1.87. The molecule has 0 bridgehead atoms. The molecule has 0 aliphatic heterocycles. The summed E-state index contributed by atoms with van der Waals surface area (Å²) in [5, 5.41) is 1.99. The molecule has 84 valence electrons. The Labute approximate surface area is 102 Å². The lowest BCUT2D eigenvalue weighted by molar-refractivity contribution is 0.683. The molecule has 0 saturated carbocycles. The van der Waals surface area contributed by atoms with E-state index in [1.54, 1.807) is 11.3 Å². The fourth-order valence-corrected chi connectivity index (χ4v) is 3.68. The summed E-state index contributed by atoms with van der Waals surface area (Å²) in [5.41, 5.74) is 7.56. The van der Waals surface area contributed by atoms with Crippen LogP contribution in [0.1, 0.15) is 10.4 Å². The monoisotopic (exact) mass is 251 g/mol. The number of hydrogen-bond donors (Lipinski definition) is 1. The predicted molar refractivity (Wildman–Crippen MR) is 70.0 cm³/mol. The van der Waals surface area contributed by atoms with Crippen LogP contribution in [0.4, 0.5) is 5.69 Å². The number of nitrogen functional groups attached to an aromatic ring is 1. The third-order valence-electron chi connectivity index (χ3n) is 2.38. The minimum Gasteiger partial charge on any atom is -0.398 e. The summed E-state index contributed by atoms with van der Waals surface area (Å²) < 4.78 is 12.1. The van der Waals surface area contributed by atoms with Gasteiger partial charge < -0.3 is 5.73 Å². The normalized spacial score (nSPS) is 12.6. The van der Waals surface area contributed by atoms with E-state index >= 15 is 0 Å². The Balaban J connectivity index is 2.24. The number of hydrogen-bond acceptors (Lipinski definition) is 3. The van der Waals surface area contributed by atoms with Gasteiger partial charge in [-0.15, -0.1) is 11.3 Å². The second-order valence-electron chi connectivity index (χ2n) is 3.56. The van der Waals surface area contributed by atoms with Gasteiger partial charge in [-0.3, -0.25) is 4.21 Å². The fraction of sp³-hybridized carbons (Fsp3) is 0.167. The SMILES string of the molecule is Cc1cccc(S(=O)Cc2cccs2)c1N. The number of benzene rings is 1. The van der Waals surface area contributed by atoms with Crippen molar-refractivity contribution in [1.29, 1.82) is 0 Å². The first-order chi connectivity index (χ1) is 7.68. The minimum absolute atomic E-state index is 0.547. The zero-order valence-electron chi connectivity index (χ0n) is 8.97. The molecule has 1 unspecified atom stereocenters. The molecule has 0 saturated heterocycles. The molecule has 4 heteroatoms. The maximum atomic E-state index is 12.1. The van der Waals surface area contributed by atoms with E-state index in [-0.39, 0.29) is 0 Å². The predicted octanol–water partition coefficient (Wildman–Crippen LogP) is 2.95. The molecule has 1 heterocycles. The van der Waals surface area contributed by atoms with Crippen LogP contribution in [0.3, 0.4) is 0 Å². The van der Waals surface area contributed by atoms with Gasteiger partial charge in [0.05, 0.1) is 27.1 Å². The Morgan fingerprint density at radius 1 is 1.31 bits per heavy atom. The zero-order valence-corrected chi connectivity index (χ0v) is 10.6. The molecule has 2 N–H and O–H groups in total. The largest absolute Gasteiger partial charge is 0.398 e. The van der Waals surface area contributed by atoms with E-state index in [4.69, 9.17) is 5.73 Å². The maximum Gasteiger partial charge on any atom is 0.0627 e. The van der Waals surface area contributed by atoms with Gasteiger partial charge in [0.25, 0.3) is 0 Å². The van der Waals surface area contributed by atoms with Gasteiger partial charge in [0.15, 0.2) is 0 Å². The summed E-state index contributed by atoms with van der Waals surface area (Å²) in [6, 6.07) is 9.63. The van der Waals surface area contributed by atoms with E-state index < -0.39 is 10.8 Å². The van der Waals surface area contributed by atoms with Crippen molar-refractivity contribution in [3.63, 3.8) is 0 Å². The highest BCUT2D eigenvalue weighted by Gasteiger charge is 2.10. The van der Waals surface area contributed by atoms with E-state index in [0.717, 1.165) is 15.3 Å². The molecule has 0 fully saturated rings. The lowest BCUT2D eigenvalue weighted by Crippen LogP contribution is -2.01. The first-order valence-electron chi connectivity index (χ1n) is 4.94. The molecular weight excluding hydrogens is 238 g/mol. The smallest absolute Gasteiger partial charge is 0.0627 e. The topological polar surface area (TPSA) is 43.1 Å². The van der Waals surface area contributed by atoms with Crippen LogP contribution in [-0.2, 0) is 16.6 Å². The number of thiophene rings is 1. The molecule has 2 rings (SSSR count). The third-order valence-corrected chi connectivity index (χ3v) is 4.86. The lowest BCUT2D eigenvalue weighted by Gasteiger charge is -2.07. The average Bonchev–Trinajstić information content (AvgIpc) is 2.74. The van der Waals surface area contributed by atoms with Crippen molar-refractivity contribution in [3.05, 3.63) is 46.2 Å². The molecule has 0 aliphatic rings. The molecule has 0 aliphatic carbocycles. The Morgan fingerprint density at radius 3 is 2.81 bits per heavy atom. The van der Waals surface area contributed by atoms with Gasteiger partial charge in [-0.05, 0) is 30.0 Å². The molecule has 1 atom stereocenters. The van der Waals surface area contributed by atoms with Crippen LogP contribution in [0.15, 0.2) is 40.6 Å². The third kappa shape index (κ3) is 2.33. The van der Waals surface area contributed by atoms with Crippen molar-refractivity contribution >= 4 is 27.8 Å². The highest BCUT2D eigenvalue weighted by atomic mass is 32.2. The van der Waals surface area contributed by atoms with Crippen LogP contribution in [0.5, 0.6) is 0 Å². The van der Waals surface area contributed by atoms with Gasteiger partial charge in [0, 0.05) is 4.88 Å². The molecule has 1 aromatic carbocycles. The van der Waals surface area contributed by atoms with Crippen molar-refractivity contribution in [2.75, 3.05) is 5.73 Å². The second-order valence-corrected chi connectivity index (χ2v) is 6.01. The van der Waals surface area contributed by atoms with Gasteiger partial charge >= 0.3 is 0 Å². The molecule has 2 aromatic rings. The van der Waals surface area contributed by atoms with Gasteiger partial charge in [-0.2, -0.15) is 0 Å². The molecule has 2 nitrogen and oxygen atoms in total. The van der Waals surface area contributed by atoms with Gasteiger partial charge in [0.2, 0.25) is 0 Å². The maximum absolute atomic E-state index is 12.1. The second kappa shape index (κ2) is 4.80. The van der Waals surface area contributed by atoms with Crippen molar-refractivity contribution in [1.82, 2.24) is 0 Å². The van der Waals surface area contributed by atoms with E-state index in [2.05, 4.69) is 0 Å². The quantitative estimate of drug-likeness (QED) is 0.852. The van der Waals surface area contributed by atoms with Gasteiger partial charge in [-0.25, -0.2) is 0 Å². The number of rotatable bonds is 3. The standard InChI is InChI=1S/C12H13NOS2/c1-9-4-2-6-11(12(9)13)16(14)8-10-5-3-7-15-10/h2-7H,8,13H2,1H3. The van der Waals surface area contributed by atoms with Crippen LogP contribution in [0.2, 0.25) is 0 Å². The minimum atomic E-state index is -1.05. The number of para-hydroxylation sites is 1. The molecule has 16 heavy (non-hydrogen) atoms. The number of nitrogens with two attached hydrogens (primary N) is 1. The first-order valence-corrected chi connectivity index (χ1v) is 7.14. The Bertz CT molecular complexity index is 506. The highest BCUT2D eigenvalue weighted by Crippen LogP contribution is 2.23. The lowest BCUT2D eigenvalue weighted by atomic mass is 10.2. The van der Waals surface area contributed by atoms with Crippen LogP contribution in [0, 0.1) is 6.92 Å². The van der Waals surface area contributed by atoms with Crippen molar-refractivity contribution < 1.29 is 4.21 Å². The van der Waals surface area contributed by atoms with Crippen molar-refractivity contribution in [2.24, 2.45) is 0 Å². The van der Waals surface area contributed by atoms with Crippen LogP contribution < -0.4 is 5.73 Å². The van der Waals surface area contributed by atoms with Crippen molar-refractivity contribution in [3.8, 4) is 0 Å².